The number of carboxylic acids is 1. The van der Waals surface area contributed by atoms with Gasteiger partial charge in [-0.15, -0.1) is 0 Å². The number of aromatic nitrogens is 4. The third-order valence-corrected chi connectivity index (χ3v) is 3.01. The standard InChI is InChI=1S/C13H12N4O2/c1-8-14-12-9(13(18)19)4-3-5-10(12)17(8)11-6-7-16(2)15-11/h3-7H,1-2H3,(H,18,19). The Morgan fingerprint density at radius 3 is 2.74 bits per heavy atom. The fraction of sp³-hybridized carbons (Fsp3) is 0.154. The average Bonchev–Trinajstić information content (AvgIpc) is 2.90. The molecule has 2 aromatic heterocycles. The molecular weight excluding hydrogens is 244 g/mol. The SMILES string of the molecule is Cc1nc2c(C(=O)O)cccc2n1-c1ccn(C)n1. The second-order valence-corrected chi connectivity index (χ2v) is 4.32. The van der Waals surface area contributed by atoms with Gasteiger partial charge in [0.15, 0.2) is 5.82 Å². The third-order valence-electron chi connectivity index (χ3n) is 3.01. The molecule has 0 unspecified atom stereocenters. The second-order valence-electron chi connectivity index (χ2n) is 4.32. The molecule has 0 aliphatic heterocycles. The van der Waals surface area contributed by atoms with Crippen LogP contribution in [0.1, 0.15) is 16.2 Å². The maximum absolute atomic E-state index is 11.2. The molecule has 0 saturated heterocycles. The monoisotopic (exact) mass is 256 g/mol. The van der Waals surface area contributed by atoms with E-state index in [1.807, 2.05) is 36.9 Å². The van der Waals surface area contributed by atoms with Gasteiger partial charge in [0.05, 0.1) is 11.1 Å². The number of aryl methyl sites for hydroxylation is 2. The van der Waals surface area contributed by atoms with E-state index >= 15 is 0 Å². The van der Waals surface area contributed by atoms with E-state index < -0.39 is 5.97 Å². The van der Waals surface area contributed by atoms with Crippen LogP contribution in [0.2, 0.25) is 0 Å². The number of imidazole rings is 1. The van der Waals surface area contributed by atoms with Crippen molar-refractivity contribution in [3.63, 3.8) is 0 Å². The van der Waals surface area contributed by atoms with E-state index in [4.69, 9.17) is 0 Å². The van der Waals surface area contributed by atoms with Crippen LogP contribution in [0.15, 0.2) is 30.5 Å². The number of hydrogen-bond acceptors (Lipinski definition) is 3. The Hall–Kier alpha value is -2.63. The lowest BCUT2D eigenvalue weighted by atomic mass is 10.2. The van der Waals surface area contributed by atoms with E-state index in [2.05, 4.69) is 10.1 Å². The van der Waals surface area contributed by atoms with Gasteiger partial charge in [0, 0.05) is 19.3 Å². The summed E-state index contributed by atoms with van der Waals surface area (Å²) in [5, 5.41) is 13.5. The summed E-state index contributed by atoms with van der Waals surface area (Å²) < 4.78 is 3.55. The zero-order valence-corrected chi connectivity index (χ0v) is 10.5. The first-order valence-corrected chi connectivity index (χ1v) is 5.79. The Labute approximate surface area is 108 Å². The van der Waals surface area contributed by atoms with Crippen molar-refractivity contribution in [2.45, 2.75) is 6.92 Å². The Morgan fingerprint density at radius 1 is 1.32 bits per heavy atom. The summed E-state index contributed by atoms with van der Waals surface area (Å²) >= 11 is 0. The van der Waals surface area contributed by atoms with Crippen molar-refractivity contribution in [1.82, 2.24) is 19.3 Å². The van der Waals surface area contributed by atoms with E-state index in [-0.39, 0.29) is 5.56 Å². The molecule has 1 aromatic carbocycles. The molecule has 6 heteroatoms. The highest BCUT2D eigenvalue weighted by molar-refractivity contribution is 6.01. The van der Waals surface area contributed by atoms with Gasteiger partial charge in [-0.1, -0.05) is 6.07 Å². The van der Waals surface area contributed by atoms with Gasteiger partial charge in [-0.3, -0.25) is 9.25 Å². The predicted octanol–water partition coefficient (Wildman–Crippen LogP) is 1.77. The highest BCUT2D eigenvalue weighted by Crippen LogP contribution is 2.23. The van der Waals surface area contributed by atoms with Crippen molar-refractivity contribution in [1.29, 1.82) is 0 Å². The number of fused-ring (bicyclic) bond motifs is 1. The fourth-order valence-corrected chi connectivity index (χ4v) is 2.20. The first-order chi connectivity index (χ1) is 9.08. The number of nitrogens with zero attached hydrogens (tertiary/aromatic N) is 4. The zero-order valence-electron chi connectivity index (χ0n) is 10.5. The molecule has 0 bridgehead atoms. The van der Waals surface area contributed by atoms with E-state index in [0.717, 1.165) is 11.3 Å². The molecule has 0 spiro atoms. The molecule has 6 nitrogen and oxygen atoms in total. The van der Waals surface area contributed by atoms with E-state index in [0.29, 0.717) is 11.3 Å². The summed E-state index contributed by atoms with van der Waals surface area (Å²) in [4.78, 5) is 15.6. The lowest BCUT2D eigenvalue weighted by molar-refractivity contribution is 0.0699. The van der Waals surface area contributed by atoms with E-state index in [1.54, 1.807) is 16.8 Å². The Bertz CT molecular complexity index is 785. The first kappa shape index (κ1) is 11.5. The zero-order chi connectivity index (χ0) is 13.6. The number of hydrogen-bond donors (Lipinski definition) is 1. The average molecular weight is 256 g/mol. The molecule has 2 heterocycles. The highest BCUT2D eigenvalue weighted by Gasteiger charge is 2.16. The van der Waals surface area contributed by atoms with Gasteiger partial charge in [0.2, 0.25) is 0 Å². The number of aromatic carboxylic acids is 1. The van der Waals surface area contributed by atoms with Crippen LogP contribution in [-0.4, -0.2) is 30.4 Å². The van der Waals surface area contributed by atoms with Crippen LogP contribution in [0, 0.1) is 6.92 Å². The predicted molar refractivity (Wildman–Crippen MR) is 69.5 cm³/mol. The summed E-state index contributed by atoms with van der Waals surface area (Å²) in [6, 6.07) is 6.98. The van der Waals surface area contributed by atoms with Gasteiger partial charge in [-0.25, -0.2) is 9.78 Å². The minimum Gasteiger partial charge on any atom is -0.478 e. The lowest BCUT2D eigenvalue weighted by Gasteiger charge is -2.02. The summed E-state index contributed by atoms with van der Waals surface area (Å²) in [5.41, 5.74) is 1.43. The number of benzene rings is 1. The van der Waals surface area contributed by atoms with E-state index in [9.17, 15) is 9.90 Å². The summed E-state index contributed by atoms with van der Waals surface area (Å²) in [6.45, 7) is 1.83. The fourth-order valence-electron chi connectivity index (χ4n) is 2.20. The number of para-hydroxylation sites is 1. The van der Waals surface area contributed by atoms with Crippen LogP contribution in [-0.2, 0) is 7.05 Å². The maximum atomic E-state index is 11.2. The molecule has 96 valence electrons. The van der Waals surface area contributed by atoms with Crippen LogP contribution in [0.4, 0.5) is 0 Å². The summed E-state index contributed by atoms with van der Waals surface area (Å²) in [6.07, 6.45) is 1.83. The van der Waals surface area contributed by atoms with Gasteiger partial charge in [0.25, 0.3) is 0 Å². The Balaban J connectivity index is 2.35. The van der Waals surface area contributed by atoms with Crippen LogP contribution in [0.25, 0.3) is 16.9 Å². The Morgan fingerprint density at radius 2 is 2.11 bits per heavy atom. The smallest absolute Gasteiger partial charge is 0.337 e. The van der Waals surface area contributed by atoms with E-state index in [1.165, 1.54) is 0 Å². The van der Waals surface area contributed by atoms with Crippen molar-refractivity contribution >= 4 is 17.0 Å². The van der Waals surface area contributed by atoms with Crippen LogP contribution >= 0.6 is 0 Å². The molecule has 1 N–H and O–H groups in total. The topological polar surface area (TPSA) is 72.9 Å². The minimum absolute atomic E-state index is 0.204. The van der Waals surface area contributed by atoms with Gasteiger partial charge in [-0.2, -0.15) is 5.10 Å². The molecule has 0 atom stereocenters. The molecule has 0 fully saturated rings. The molecular formula is C13H12N4O2. The van der Waals surface area contributed by atoms with Crippen molar-refractivity contribution < 1.29 is 9.90 Å². The Kier molecular flexibility index (Phi) is 2.38. The van der Waals surface area contributed by atoms with Crippen molar-refractivity contribution in [3.05, 3.63) is 41.9 Å². The van der Waals surface area contributed by atoms with Gasteiger partial charge >= 0.3 is 5.97 Å². The van der Waals surface area contributed by atoms with Gasteiger partial charge in [0.1, 0.15) is 11.3 Å². The third kappa shape index (κ3) is 1.69. The van der Waals surface area contributed by atoms with Gasteiger partial charge < -0.3 is 5.11 Å². The lowest BCUT2D eigenvalue weighted by Crippen LogP contribution is -2.00. The number of carbonyl (C=O) groups is 1. The normalized spacial score (nSPS) is 11.1. The van der Waals surface area contributed by atoms with Crippen LogP contribution in [0.3, 0.4) is 0 Å². The molecule has 0 aliphatic rings. The first-order valence-electron chi connectivity index (χ1n) is 5.79. The quantitative estimate of drug-likeness (QED) is 0.758. The molecule has 19 heavy (non-hydrogen) atoms. The van der Waals surface area contributed by atoms with Crippen molar-refractivity contribution in [2.75, 3.05) is 0 Å². The molecule has 3 rings (SSSR count). The summed E-state index contributed by atoms with van der Waals surface area (Å²) in [5.74, 6) is 0.462. The highest BCUT2D eigenvalue weighted by atomic mass is 16.4. The molecule has 0 aliphatic carbocycles. The van der Waals surface area contributed by atoms with Crippen LogP contribution < -0.4 is 0 Å². The van der Waals surface area contributed by atoms with Crippen LogP contribution in [0.5, 0.6) is 0 Å². The molecule has 3 aromatic rings. The largest absolute Gasteiger partial charge is 0.478 e. The van der Waals surface area contributed by atoms with Crippen molar-refractivity contribution in [2.24, 2.45) is 7.05 Å². The van der Waals surface area contributed by atoms with Crippen molar-refractivity contribution in [3.8, 4) is 5.82 Å². The molecule has 0 saturated carbocycles. The maximum Gasteiger partial charge on any atom is 0.337 e. The molecule has 0 amide bonds. The number of carboxylic acid groups (broad SMARTS) is 1. The second kappa shape index (κ2) is 3.94. The minimum atomic E-state index is -0.976. The summed E-state index contributed by atoms with van der Waals surface area (Å²) in [7, 11) is 1.83. The number of rotatable bonds is 2. The van der Waals surface area contributed by atoms with Gasteiger partial charge in [-0.05, 0) is 19.1 Å². The molecule has 0 radical (unpaired) electrons.